The van der Waals surface area contributed by atoms with Gasteiger partial charge in [-0.05, 0) is 52.5 Å². The molecule has 126 valence electrons. The van der Waals surface area contributed by atoms with E-state index in [1.807, 2.05) is 30.5 Å². The van der Waals surface area contributed by atoms with E-state index in [0.717, 1.165) is 9.37 Å². The highest BCUT2D eigenvalue weighted by Crippen LogP contribution is 2.24. The van der Waals surface area contributed by atoms with Crippen LogP contribution in [0.15, 0.2) is 51.8 Å². The van der Waals surface area contributed by atoms with Crippen molar-refractivity contribution in [3.8, 4) is 0 Å². The molecule has 0 fully saturated rings. The smallest absolute Gasteiger partial charge is 0.255 e. The predicted octanol–water partition coefficient (Wildman–Crippen LogP) is 4.54. The van der Waals surface area contributed by atoms with Crippen molar-refractivity contribution < 1.29 is 9.59 Å². The Bertz CT molecular complexity index is 770. The first kappa shape index (κ1) is 18.8. The Balaban J connectivity index is 2.06. The fourth-order valence-corrected chi connectivity index (χ4v) is 3.06. The average Bonchev–Trinajstić information content (AvgIpc) is 2.56. The van der Waals surface area contributed by atoms with Gasteiger partial charge in [0, 0.05) is 16.4 Å². The van der Waals surface area contributed by atoms with E-state index in [9.17, 15) is 9.59 Å². The van der Waals surface area contributed by atoms with Crippen LogP contribution in [-0.4, -0.2) is 36.6 Å². The summed E-state index contributed by atoms with van der Waals surface area (Å²) >= 11 is 11.0. The maximum Gasteiger partial charge on any atom is 0.255 e. The minimum atomic E-state index is -0.293. The highest BCUT2D eigenvalue weighted by Gasteiger charge is 2.18. The number of nitrogens with one attached hydrogen (secondary N) is 1. The van der Waals surface area contributed by atoms with E-state index in [1.165, 1.54) is 16.7 Å². The molecular formula is C17H16BrClN2O2S. The van der Waals surface area contributed by atoms with Crippen molar-refractivity contribution in [1.82, 2.24) is 4.90 Å². The van der Waals surface area contributed by atoms with Crippen LogP contribution in [0.3, 0.4) is 0 Å². The molecule has 0 radical (unpaired) electrons. The average molecular weight is 428 g/mol. The summed E-state index contributed by atoms with van der Waals surface area (Å²) in [6.07, 6.45) is 1.92. The second-order valence-electron chi connectivity index (χ2n) is 5.04. The van der Waals surface area contributed by atoms with Gasteiger partial charge in [-0.15, -0.1) is 11.8 Å². The van der Waals surface area contributed by atoms with Crippen LogP contribution in [0.5, 0.6) is 0 Å². The van der Waals surface area contributed by atoms with Gasteiger partial charge in [0.1, 0.15) is 0 Å². The number of amides is 2. The fourth-order valence-electron chi connectivity index (χ4n) is 2.04. The SMILES string of the molecule is CSc1ccc(Cl)c(C(=O)N(C)CC(=O)Nc2ccccc2Br)c1. The van der Waals surface area contributed by atoms with Gasteiger partial charge >= 0.3 is 0 Å². The van der Waals surface area contributed by atoms with Crippen molar-refractivity contribution in [1.29, 1.82) is 0 Å². The Morgan fingerprint density at radius 2 is 1.96 bits per heavy atom. The maximum atomic E-state index is 12.5. The van der Waals surface area contributed by atoms with E-state index in [2.05, 4.69) is 21.2 Å². The molecule has 1 N–H and O–H groups in total. The van der Waals surface area contributed by atoms with E-state index in [-0.39, 0.29) is 18.4 Å². The van der Waals surface area contributed by atoms with E-state index in [1.54, 1.807) is 25.2 Å². The van der Waals surface area contributed by atoms with Gasteiger partial charge in [-0.3, -0.25) is 9.59 Å². The number of likely N-dealkylation sites (N-methyl/N-ethyl adjacent to an activating group) is 1. The van der Waals surface area contributed by atoms with Crippen molar-refractivity contribution in [2.24, 2.45) is 0 Å². The second-order valence-corrected chi connectivity index (χ2v) is 7.18. The topological polar surface area (TPSA) is 49.4 Å². The second kappa shape index (κ2) is 8.55. The number of para-hydroxylation sites is 1. The van der Waals surface area contributed by atoms with Gasteiger partial charge in [-0.2, -0.15) is 0 Å². The third-order valence-electron chi connectivity index (χ3n) is 3.28. The molecule has 0 bridgehead atoms. The minimum Gasteiger partial charge on any atom is -0.332 e. The Kier molecular flexibility index (Phi) is 6.71. The number of anilines is 1. The lowest BCUT2D eigenvalue weighted by molar-refractivity contribution is -0.116. The zero-order valence-electron chi connectivity index (χ0n) is 13.2. The molecule has 0 aliphatic carbocycles. The number of carbonyl (C=O) groups excluding carboxylic acids is 2. The number of halogens is 2. The summed E-state index contributed by atoms with van der Waals surface area (Å²) in [4.78, 5) is 27.0. The Morgan fingerprint density at radius 1 is 1.25 bits per heavy atom. The van der Waals surface area contributed by atoms with E-state index < -0.39 is 0 Å². The lowest BCUT2D eigenvalue weighted by Gasteiger charge is -2.18. The van der Waals surface area contributed by atoms with Crippen LogP contribution < -0.4 is 5.32 Å². The van der Waals surface area contributed by atoms with Gasteiger partial charge < -0.3 is 10.2 Å². The standard InChI is InChI=1S/C17H16BrClN2O2S/c1-21(10-16(22)20-15-6-4-3-5-13(15)18)17(23)12-9-11(24-2)7-8-14(12)19/h3-9H,10H2,1-2H3,(H,20,22). The molecule has 0 aliphatic heterocycles. The van der Waals surface area contributed by atoms with Crippen molar-refractivity contribution in [2.45, 2.75) is 4.90 Å². The molecule has 2 amide bonds. The molecule has 0 spiro atoms. The minimum absolute atomic E-state index is 0.0695. The molecule has 0 atom stereocenters. The van der Waals surface area contributed by atoms with Crippen LogP contribution in [0.2, 0.25) is 5.02 Å². The van der Waals surface area contributed by atoms with E-state index in [0.29, 0.717) is 16.3 Å². The predicted molar refractivity (Wildman–Crippen MR) is 103 cm³/mol. The summed E-state index contributed by atoms with van der Waals surface area (Å²) in [5.74, 6) is -0.576. The third kappa shape index (κ3) is 4.75. The van der Waals surface area contributed by atoms with Crippen LogP contribution in [0, 0.1) is 0 Å². The van der Waals surface area contributed by atoms with Crippen molar-refractivity contribution >= 4 is 56.8 Å². The van der Waals surface area contributed by atoms with Gasteiger partial charge in [-0.1, -0.05) is 23.7 Å². The number of carbonyl (C=O) groups is 2. The lowest BCUT2D eigenvalue weighted by Crippen LogP contribution is -2.35. The van der Waals surface area contributed by atoms with Crippen molar-refractivity contribution in [3.63, 3.8) is 0 Å². The highest BCUT2D eigenvalue weighted by atomic mass is 79.9. The number of benzene rings is 2. The molecule has 2 aromatic rings. The van der Waals surface area contributed by atoms with Crippen molar-refractivity contribution in [3.05, 3.63) is 57.5 Å². The number of hydrogen-bond acceptors (Lipinski definition) is 3. The summed E-state index contributed by atoms with van der Waals surface area (Å²) < 4.78 is 0.781. The molecule has 0 unspecified atom stereocenters. The number of thioether (sulfide) groups is 1. The maximum absolute atomic E-state index is 12.5. The Hall–Kier alpha value is -1.50. The fraction of sp³-hybridized carbons (Fsp3) is 0.176. The molecule has 2 aromatic carbocycles. The van der Waals surface area contributed by atoms with Crippen LogP contribution >= 0.6 is 39.3 Å². The molecule has 0 aliphatic rings. The molecule has 7 heteroatoms. The molecule has 24 heavy (non-hydrogen) atoms. The zero-order chi connectivity index (χ0) is 17.7. The van der Waals surface area contributed by atoms with Crippen molar-refractivity contribution in [2.75, 3.05) is 25.2 Å². The summed E-state index contributed by atoms with van der Waals surface area (Å²) in [7, 11) is 1.57. The number of nitrogens with zero attached hydrogens (tertiary/aromatic N) is 1. The first-order chi connectivity index (χ1) is 11.4. The van der Waals surface area contributed by atoms with Crippen LogP contribution in [0.4, 0.5) is 5.69 Å². The summed E-state index contributed by atoms with van der Waals surface area (Å²) in [5.41, 5.74) is 1.05. The van der Waals surface area contributed by atoms with Crippen LogP contribution in [-0.2, 0) is 4.79 Å². The normalized spacial score (nSPS) is 10.3. The van der Waals surface area contributed by atoms with Gasteiger partial charge in [0.05, 0.1) is 22.8 Å². The summed E-state index contributed by atoms with van der Waals surface area (Å²) in [5, 5.41) is 3.14. The number of rotatable bonds is 5. The number of hydrogen-bond donors (Lipinski definition) is 1. The van der Waals surface area contributed by atoms with Gasteiger partial charge in [0.15, 0.2) is 0 Å². The Morgan fingerprint density at radius 3 is 2.62 bits per heavy atom. The monoisotopic (exact) mass is 426 g/mol. The van der Waals surface area contributed by atoms with Crippen LogP contribution in [0.25, 0.3) is 0 Å². The van der Waals surface area contributed by atoms with E-state index in [4.69, 9.17) is 11.6 Å². The molecule has 0 heterocycles. The summed E-state index contributed by atoms with van der Waals surface area (Å²) in [6, 6.07) is 12.6. The molecule has 4 nitrogen and oxygen atoms in total. The zero-order valence-corrected chi connectivity index (χ0v) is 16.3. The highest BCUT2D eigenvalue weighted by molar-refractivity contribution is 9.10. The largest absolute Gasteiger partial charge is 0.332 e. The third-order valence-corrected chi connectivity index (χ3v) is 5.03. The van der Waals surface area contributed by atoms with Gasteiger partial charge in [0.25, 0.3) is 5.91 Å². The van der Waals surface area contributed by atoms with Crippen LogP contribution in [0.1, 0.15) is 10.4 Å². The Labute approximate surface area is 158 Å². The summed E-state index contributed by atoms with van der Waals surface area (Å²) in [6.45, 7) is -0.0695. The molecule has 0 aromatic heterocycles. The first-order valence-electron chi connectivity index (χ1n) is 7.05. The lowest BCUT2D eigenvalue weighted by atomic mass is 10.2. The van der Waals surface area contributed by atoms with Gasteiger partial charge in [0.2, 0.25) is 5.91 Å². The van der Waals surface area contributed by atoms with Gasteiger partial charge in [-0.25, -0.2) is 0 Å². The first-order valence-corrected chi connectivity index (χ1v) is 9.45. The molecule has 2 rings (SSSR count). The molecular weight excluding hydrogens is 412 g/mol. The molecule has 0 saturated heterocycles. The van der Waals surface area contributed by atoms with E-state index >= 15 is 0 Å². The molecule has 0 saturated carbocycles. The quantitative estimate of drug-likeness (QED) is 0.713.